The molecule has 0 aromatic carbocycles. The van der Waals surface area contributed by atoms with Crippen LogP contribution in [0.2, 0.25) is 5.02 Å². The zero-order valence-corrected chi connectivity index (χ0v) is 13.5. The molecule has 1 saturated heterocycles. The average molecular weight is 330 g/mol. The van der Waals surface area contributed by atoms with Gasteiger partial charge in [0.2, 0.25) is 0 Å². The van der Waals surface area contributed by atoms with E-state index < -0.39 is 0 Å². The van der Waals surface area contributed by atoms with Crippen molar-refractivity contribution in [3.8, 4) is 6.07 Å². The Labute approximate surface area is 139 Å². The quantitative estimate of drug-likeness (QED) is 0.806. The van der Waals surface area contributed by atoms with Gasteiger partial charge in [-0.05, 0) is 18.9 Å². The number of aromatic nitrogens is 3. The highest BCUT2D eigenvalue weighted by molar-refractivity contribution is 6.33. The topological polar surface area (TPSA) is 74.8 Å². The van der Waals surface area contributed by atoms with E-state index in [4.69, 9.17) is 16.9 Å². The summed E-state index contributed by atoms with van der Waals surface area (Å²) in [4.78, 5) is 18.8. The Morgan fingerprint density at radius 3 is 3.00 bits per heavy atom. The van der Waals surface area contributed by atoms with Gasteiger partial charge >= 0.3 is 0 Å². The van der Waals surface area contributed by atoms with E-state index in [1.54, 1.807) is 30.2 Å². The third kappa shape index (κ3) is 3.20. The highest BCUT2D eigenvalue weighted by atomic mass is 35.5. The van der Waals surface area contributed by atoms with E-state index in [1.165, 1.54) is 6.20 Å². The van der Waals surface area contributed by atoms with Crippen LogP contribution in [0.3, 0.4) is 0 Å². The van der Waals surface area contributed by atoms with Gasteiger partial charge in [-0.25, -0.2) is 4.98 Å². The lowest BCUT2D eigenvalue weighted by Gasteiger charge is -2.26. The van der Waals surface area contributed by atoms with Crippen molar-refractivity contribution in [2.75, 3.05) is 11.4 Å². The predicted molar refractivity (Wildman–Crippen MR) is 86.5 cm³/mol. The normalized spacial score (nSPS) is 17.3. The monoisotopic (exact) mass is 329 g/mol. The maximum Gasteiger partial charge on any atom is 0.168 e. The lowest BCUT2D eigenvalue weighted by atomic mass is 10.0. The van der Waals surface area contributed by atoms with Crippen LogP contribution in [0.1, 0.15) is 35.2 Å². The van der Waals surface area contributed by atoms with Gasteiger partial charge in [0.15, 0.2) is 5.78 Å². The zero-order chi connectivity index (χ0) is 16.4. The van der Waals surface area contributed by atoms with E-state index in [2.05, 4.69) is 15.0 Å². The first-order valence-electron chi connectivity index (χ1n) is 7.42. The van der Waals surface area contributed by atoms with Gasteiger partial charge in [-0.3, -0.25) is 9.48 Å². The summed E-state index contributed by atoms with van der Waals surface area (Å²) in [6.07, 6.45) is 7.15. The van der Waals surface area contributed by atoms with Crippen LogP contribution in [0.25, 0.3) is 0 Å². The standard InChI is InChI=1S/C16H16ClN5O/c1-21-10-12(9-20-21)15(23)6-13-3-2-4-22(13)16-14(17)5-11(7-18)8-19-16/h5,8-10,13H,2-4,6H2,1H3/t13-/m0/s1. The van der Waals surface area contributed by atoms with Gasteiger partial charge in [-0.1, -0.05) is 11.6 Å². The molecule has 1 atom stereocenters. The van der Waals surface area contributed by atoms with Crippen LogP contribution in [0.5, 0.6) is 0 Å². The summed E-state index contributed by atoms with van der Waals surface area (Å²) in [5.41, 5.74) is 1.05. The summed E-state index contributed by atoms with van der Waals surface area (Å²) in [6, 6.07) is 3.71. The second-order valence-electron chi connectivity index (χ2n) is 5.66. The van der Waals surface area contributed by atoms with Crippen molar-refractivity contribution in [3.05, 3.63) is 40.8 Å². The molecule has 2 aromatic rings. The molecule has 0 amide bonds. The number of nitriles is 1. The van der Waals surface area contributed by atoms with Gasteiger partial charge < -0.3 is 4.90 Å². The number of carbonyl (C=O) groups is 1. The molecule has 1 fully saturated rings. The van der Waals surface area contributed by atoms with E-state index in [9.17, 15) is 4.79 Å². The smallest absolute Gasteiger partial charge is 0.168 e. The number of rotatable bonds is 4. The summed E-state index contributed by atoms with van der Waals surface area (Å²) in [5.74, 6) is 0.715. The lowest BCUT2D eigenvalue weighted by Crippen LogP contribution is -2.32. The molecule has 1 aliphatic rings. The third-order valence-electron chi connectivity index (χ3n) is 4.05. The maximum atomic E-state index is 12.4. The van der Waals surface area contributed by atoms with E-state index in [0.717, 1.165) is 19.4 Å². The highest BCUT2D eigenvalue weighted by Gasteiger charge is 2.29. The Hall–Kier alpha value is -2.39. The number of hydrogen-bond acceptors (Lipinski definition) is 5. The molecule has 0 N–H and O–H groups in total. The molecule has 2 aromatic heterocycles. The number of anilines is 1. The first-order valence-corrected chi connectivity index (χ1v) is 7.80. The van der Waals surface area contributed by atoms with Gasteiger partial charge in [0.05, 0.1) is 22.3 Å². The second kappa shape index (κ2) is 6.39. The SMILES string of the molecule is Cn1cc(C(=O)C[C@@H]2CCCN2c2ncc(C#N)cc2Cl)cn1. The Bertz CT molecular complexity index is 779. The predicted octanol–water partition coefficient (Wildman–Crippen LogP) is 2.58. The Balaban J connectivity index is 1.78. The van der Waals surface area contributed by atoms with Crippen molar-refractivity contribution in [2.24, 2.45) is 7.05 Å². The van der Waals surface area contributed by atoms with E-state index in [-0.39, 0.29) is 11.8 Å². The van der Waals surface area contributed by atoms with E-state index >= 15 is 0 Å². The summed E-state index contributed by atoms with van der Waals surface area (Å²) >= 11 is 6.26. The van der Waals surface area contributed by atoms with Gasteiger partial charge in [0, 0.05) is 38.4 Å². The minimum atomic E-state index is 0.0692. The van der Waals surface area contributed by atoms with Crippen molar-refractivity contribution in [1.29, 1.82) is 5.26 Å². The summed E-state index contributed by atoms with van der Waals surface area (Å²) < 4.78 is 1.62. The van der Waals surface area contributed by atoms with Crippen LogP contribution in [0, 0.1) is 11.3 Å². The minimum Gasteiger partial charge on any atom is -0.352 e. The van der Waals surface area contributed by atoms with Crippen molar-refractivity contribution in [3.63, 3.8) is 0 Å². The summed E-state index contributed by atoms with van der Waals surface area (Å²) in [5, 5.41) is 13.4. The molecule has 7 heteroatoms. The molecule has 0 radical (unpaired) electrons. The molecule has 23 heavy (non-hydrogen) atoms. The Kier molecular flexibility index (Phi) is 4.30. The number of Topliss-reactive ketones (excluding diaryl/α,β-unsaturated/α-hetero) is 1. The van der Waals surface area contributed by atoms with Gasteiger partial charge in [0.1, 0.15) is 11.9 Å². The Morgan fingerprint density at radius 2 is 2.35 bits per heavy atom. The number of nitrogens with zero attached hydrogens (tertiary/aromatic N) is 5. The van der Waals surface area contributed by atoms with E-state index in [1.807, 2.05) is 6.07 Å². The van der Waals surface area contributed by atoms with Crippen LogP contribution >= 0.6 is 11.6 Å². The largest absolute Gasteiger partial charge is 0.352 e. The van der Waals surface area contributed by atoms with Gasteiger partial charge in [-0.2, -0.15) is 10.4 Å². The highest BCUT2D eigenvalue weighted by Crippen LogP contribution is 2.32. The number of ketones is 1. The molecular formula is C16H16ClN5O. The molecule has 0 unspecified atom stereocenters. The number of halogens is 1. The van der Waals surface area contributed by atoms with Crippen LogP contribution in [-0.2, 0) is 7.05 Å². The van der Waals surface area contributed by atoms with Crippen LogP contribution < -0.4 is 4.90 Å². The molecule has 0 saturated carbocycles. The van der Waals surface area contributed by atoms with Crippen LogP contribution in [-0.4, -0.2) is 33.1 Å². The van der Waals surface area contributed by atoms with Crippen molar-refractivity contribution >= 4 is 23.2 Å². The first-order chi connectivity index (χ1) is 11.1. The zero-order valence-electron chi connectivity index (χ0n) is 12.7. The number of carbonyl (C=O) groups excluding carboxylic acids is 1. The van der Waals surface area contributed by atoms with E-state index in [0.29, 0.717) is 28.4 Å². The first kappa shape index (κ1) is 15.5. The molecule has 3 heterocycles. The van der Waals surface area contributed by atoms with Gasteiger partial charge in [0.25, 0.3) is 0 Å². The van der Waals surface area contributed by atoms with Crippen molar-refractivity contribution < 1.29 is 4.79 Å². The summed E-state index contributed by atoms with van der Waals surface area (Å²) in [7, 11) is 1.79. The number of hydrogen-bond donors (Lipinski definition) is 0. The number of aryl methyl sites for hydroxylation is 1. The Morgan fingerprint density at radius 1 is 1.52 bits per heavy atom. The van der Waals surface area contributed by atoms with Gasteiger partial charge in [-0.15, -0.1) is 0 Å². The average Bonchev–Trinajstić information content (AvgIpc) is 3.16. The van der Waals surface area contributed by atoms with Crippen LogP contribution in [0.4, 0.5) is 5.82 Å². The minimum absolute atomic E-state index is 0.0692. The molecule has 0 spiro atoms. The fourth-order valence-electron chi connectivity index (χ4n) is 2.93. The molecule has 3 rings (SSSR count). The maximum absolute atomic E-state index is 12.4. The fourth-order valence-corrected chi connectivity index (χ4v) is 3.20. The molecule has 0 bridgehead atoms. The van der Waals surface area contributed by atoms with Crippen molar-refractivity contribution in [1.82, 2.24) is 14.8 Å². The molecule has 0 aliphatic carbocycles. The molecule has 1 aliphatic heterocycles. The molecular weight excluding hydrogens is 314 g/mol. The lowest BCUT2D eigenvalue weighted by molar-refractivity contribution is 0.0974. The fraction of sp³-hybridized carbons (Fsp3) is 0.375. The molecule has 6 nitrogen and oxygen atoms in total. The van der Waals surface area contributed by atoms with Crippen LogP contribution in [0.15, 0.2) is 24.7 Å². The number of pyridine rings is 1. The molecule has 118 valence electrons. The third-order valence-corrected chi connectivity index (χ3v) is 4.33. The summed E-state index contributed by atoms with van der Waals surface area (Å²) in [6.45, 7) is 0.809. The van der Waals surface area contributed by atoms with Crippen molar-refractivity contribution in [2.45, 2.75) is 25.3 Å². The second-order valence-corrected chi connectivity index (χ2v) is 6.07.